The molecule has 2 aromatic rings. The normalized spacial score (nSPS) is 13.6. The van der Waals surface area contributed by atoms with Gasteiger partial charge in [-0.25, -0.2) is 0 Å². The molecular weight excluding hydrogens is 666 g/mol. The molecule has 0 spiro atoms. The van der Waals surface area contributed by atoms with E-state index >= 15 is 0 Å². The summed E-state index contributed by atoms with van der Waals surface area (Å²) in [6, 6.07) is 14.2. The van der Waals surface area contributed by atoms with Crippen LogP contribution in [-0.4, -0.2) is 23.7 Å². The molecule has 0 radical (unpaired) electrons. The molecule has 2 unspecified atom stereocenters. The average molecular weight is 720 g/mol. The van der Waals surface area contributed by atoms with Gasteiger partial charge in [-0.2, -0.15) is 0 Å². The van der Waals surface area contributed by atoms with E-state index in [0.29, 0.717) is 46.0 Å². The fourth-order valence-electron chi connectivity index (χ4n) is 4.32. The van der Waals surface area contributed by atoms with Gasteiger partial charge < -0.3 is 4.74 Å². The molecule has 0 bridgehead atoms. The molecule has 40 heavy (non-hydrogen) atoms. The van der Waals surface area contributed by atoms with Crippen molar-refractivity contribution in [3.63, 3.8) is 0 Å². The van der Waals surface area contributed by atoms with Gasteiger partial charge in [0.15, 0.2) is 0 Å². The number of hydrogen-bond donors (Lipinski definition) is 0. The second-order valence-electron chi connectivity index (χ2n) is 12.6. The van der Waals surface area contributed by atoms with Crippen molar-refractivity contribution >= 4 is 42.6 Å². The van der Waals surface area contributed by atoms with Crippen LogP contribution in [0.25, 0.3) is 0 Å². The molecule has 0 N–H and O–H groups in total. The average Bonchev–Trinajstić information content (AvgIpc) is 2.87. The third-order valence-corrected chi connectivity index (χ3v) is 10.5. The summed E-state index contributed by atoms with van der Waals surface area (Å²) in [4.78, 5) is 2.84. The van der Waals surface area contributed by atoms with Crippen LogP contribution in [0.1, 0.15) is 129 Å². The summed E-state index contributed by atoms with van der Waals surface area (Å²) in [5.41, 5.74) is 5.82. The van der Waals surface area contributed by atoms with Crippen LogP contribution in [-0.2, 0) is 20.7 Å². The van der Waals surface area contributed by atoms with Gasteiger partial charge in [-0.15, -0.1) is 23.5 Å². The quantitative estimate of drug-likeness (QED) is 0.142. The number of hydrogen-bond acceptors (Lipinski definition) is 3. The first-order chi connectivity index (χ1) is 18.7. The van der Waals surface area contributed by atoms with Crippen molar-refractivity contribution in [3.8, 4) is 0 Å². The number of benzene rings is 2. The van der Waals surface area contributed by atoms with Crippen molar-refractivity contribution in [1.29, 1.82) is 0 Å². The predicted molar refractivity (Wildman–Crippen MR) is 181 cm³/mol. The molecule has 0 aliphatic heterocycles. The Labute approximate surface area is 272 Å². The SMILES string of the molecule is CC(C)c1ccc(SC(COCC(Sc2ccc(C(C)C)cc2C(C)C)C(C)C)C(C)C)c(C(C)C)c1.[Cl][Pd][Cl]. The van der Waals surface area contributed by atoms with E-state index < -0.39 is 0 Å². The predicted octanol–water partition coefficient (Wildman–Crippen LogP) is 12.5. The summed E-state index contributed by atoms with van der Waals surface area (Å²) in [6.45, 7) is 29.3. The molecular formula is C34H54Cl2OPdS2. The molecule has 2 aromatic carbocycles. The standard InChI is InChI=1S/C34H54OS2.2ClH.Pd/c1-21(2)27-13-15-31(29(17-27)23(5)6)36-33(25(9)10)19-35-20-34(26(11)12)37-32-16-14-28(22(3)4)18-30(32)24(7)8;;;/h13-18,21-26,33-34H,19-20H2,1-12H3;2*1H;/q;;;+2/p-2. The Hall–Kier alpha value is 0.342. The van der Waals surface area contributed by atoms with Crippen LogP contribution in [0.4, 0.5) is 0 Å². The van der Waals surface area contributed by atoms with Gasteiger partial charge in [-0.3, -0.25) is 0 Å². The van der Waals surface area contributed by atoms with Crippen LogP contribution in [0.3, 0.4) is 0 Å². The third-order valence-electron chi connectivity index (χ3n) is 7.25. The van der Waals surface area contributed by atoms with E-state index in [1.807, 2.05) is 23.5 Å². The van der Waals surface area contributed by atoms with Crippen molar-refractivity contribution in [2.24, 2.45) is 11.8 Å². The van der Waals surface area contributed by atoms with Gasteiger partial charge in [-0.05, 0) is 69.9 Å². The van der Waals surface area contributed by atoms with Gasteiger partial charge in [0.1, 0.15) is 0 Å². The molecule has 1 nitrogen and oxygen atoms in total. The fourth-order valence-corrected chi connectivity index (χ4v) is 7.00. The minimum atomic E-state index is -0.106. The molecule has 0 fully saturated rings. The summed E-state index contributed by atoms with van der Waals surface area (Å²) in [5, 5.41) is 0.883. The van der Waals surface area contributed by atoms with Crippen LogP contribution in [0.15, 0.2) is 46.2 Å². The van der Waals surface area contributed by atoms with Crippen LogP contribution >= 0.6 is 42.6 Å². The summed E-state index contributed by atoms with van der Waals surface area (Å²) >= 11 is 3.92. The molecule has 0 heterocycles. The molecule has 0 saturated carbocycles. The molecule has 6 heteroatoms. The van der Waals surface area contributed by atoms with Gasteiger partial charge in [0.2, 0.25) is 0 Å². The maximum atomic E-state index is 6.51. The maximum absolute atomic E-state index is 6.51. The first-order valence-electron chi connectivity index (χ1n) is 14.7. The Morgan fingerprint density at radius 2 is 0.900 bits per heavy atom. The Bertz CT molecular complexity index is 914. The Morgan fingerprint density at radius 3 is 1.15 bits per heavy atom. The van der Waals surface area contributed by atoms with Gasteiger partial charge in [0.05, 0.1) is 13.2 Å². The third kappa shape index (κ3) is 12.9. The Morgan fingerprint density at radius 1 is 0.575 bits per heavy atom. The first-order valence-corrected chi connectivity index (χ1v) is 20.5. The Balaban J connectivity index is 0.00000254. The zero-order valence-electron chi connectivity index (χ0n) is 26.8. The molecule has 0 aliphatic carbocycles. The minimum absolute atomic E-state index is 0.106. The second-order valence-corrected chi connectivity index (χ2v) is 17.5. The number of halogens is 2. The van der Waals surface area contributed by atoms with Crippen molar-refractivity contribution in [3.05, 3.63) is 58.7 Å². The van der Waals surface area contributed by atoms with Crippen LogP contribution in [0.5, 0.6) is 0 Å². The zero-order valence-corrected chi connectivity index (χ0v) is 31.5. The fraction of sp³-hybridized carbons (Fsp3) is 0.647. The number of ether oxygens (including phenoxy) is 1. The summed E-state index contributed by atoms with van der Waals surface area (Å²) in [6.07, 6.45) is 0. The van der Waals surface area contributed by atoms with Crippen LogP contribution in [0, 0.1) is 11.8 Å². The van der Waals surface area contributed by atoms with Crippen molar-refractivity contribution in [1.82, 2.24) is 0 Å². The summed E-state index contributed by atoms with van der Waals surface area (Å²) in [5.74, 6) is 3.27. The van der Waals surface area contributed by atoms with Crippen LogP contribution < -0.4 is 0 Å². The second kappa shape index (κ2) is 19.6. The van der Waals surface area contributed by atoms with E-state index in [4.69, 9.17) is 23.8 Å². The van der Waals surface area contributed by atoms with Gasteiger partial charge in [-0.1, -0.05) is 107 Å². The van der Waals surface area contributed by atoms with E-state index in [1.165, 1.54) is 32.0 Å². The van der Waals surface area contributed by atoms with Gasteiger partial charge in [0, 0.05) is 20.3 Å². The molecule has 0 aromatic heterocycles. The van der Waals surface area contributed by atoms with Crippen molar-refractivity contribution in [2.45, 2.75) is 127 Å². The zero-order chi connectivity index (χ0) is 30.6. The molecule has 2 rings (SSSR count). The molecule has 0 aliphatic rings. The van der Waals surface area contributed by atoms with E-state index in [0.717, 1.165) is 13.2 Å². The van der Waals surface area contributed by atoms with Crippen LogP contribution in [0.2, 0.25) is 0 Å². The summed E-state index contributed by atoms with van der Waals surface area (Å²) in [7, 11) is 9.63. The Kier molecular flexibility index (Phi) is 18.8. The molecule has 0 saturated heterocycles. The monoisotopic (exact) mass is 718 g/mol. The topological polar surface area (TPSA) is 9.23 Å². The van der Waals surface area contributed by atoms with Gasteiger partial charge in [0.25, 0.3) is 0 Å². The van der Waals surface area contributed by atoms with Gasteiger partial charge >= 0.3 is 35.0 Å². The van der Waals surface area contributed by atoms with E-state index in [9.17, 15) is 0 Å². The number of thioether (sulfide) groups is 2. The first kappa shape index (κ1) is 38.4. The van der Waals surface area contributed by atoms with E-state index in [1.54, 1.807) is 0 Å². The molecule has 0 amide bonds. The van der Waals surface area contributed by atoms with Crippen molar-refractivity contribution in [2.75, 3.05) is 13.2 Å². The van der Waals surface area contributed by atoms with E-state index in [-0.39, 0.29) is 15.9 Å². The van der Waals surface area contributed by atoms with E-state index in [2.05, 4.69) is 119 Å². The number of rotatable bonds is 14. The van der Waals surface area contributed by atoms with Crippen molar-refractivity contribution < 1.29 is 20.7 Å². The summed E-state index contributed by atoms with van der Waals surface area (Å²) < 4.78 is 6.51. The molecule has 2 atom stereocenters. The molecule has 232 valence electrons.